The Kier molecular flexibility index (Phi) is 9.00. The Labute approximate surface area is 231 Å². The number of amides is 2. The van der Waals surface area contributed by atoms with Crippen molar-refractivity contribution in [3.63, 3.8) is 0 Å². The Hall–Kier alpha value is -3.74. The SMILES string of the molecule is COC(=O)C(Cc1ccc(OC)cc1)NC(=O)C1CN(S(=O)(=O)c2ccccc2)CCN1C(=O)c1cccs1. The van der Waals surface area contributed by atoms with E-state index in [1.807, 2.05) is 0 Å². The van der Waals surface area contributed by atoms with Crippen LogP contribution in [0.25, 0.3) is 0 Å². The van der Waals surface area contributed by atoms with Crippen molar-refractivity contribution in [1.29, 1.82) is 0 Å². The van der Waals surface area contributed by atoms with Crippen LogP contribution in [0.2, 0.25) is 0 Å². The van der Waals surface area contributed by atoms with Crippen molar-refractivity contribution in [1.82, 2.24) is 14.5 Å². The number of benzene rings is 2. The summed E-state index contributed by atoms with van der Waals surface area (Å²) in [5, 5.41) is 4.45. The highest BCUT2D eigenvalue weighted by atomic mass is 32.2. The van der Waals surface area contributed by atoms with E-state index in [-0.39, 0.29) is 36.9 Å². The average molecular weight is 572 g/mol. The van der Waals surface area contributed by atoms with E-state index in [4.69, 9.17) is 9.47 Å². The second-order valence-corrected chi connectivity index (χ2v) is 11.7. The van der Waals surface area contributed by atoms with Crippen LogP contribution in [0.1, 0.15) is 15.2 Å². The molecule has 2 amide bonds. The van der Waals surface area contributed by atoms with Crippen LogP contribution >= 0.6 is 11.3 Å². The molecule has 1 N–H and O–H groups in total. The van der Waals surface area contributed by atoms with Crippen LogP contribution < -0.4 is 10.1 Å². The lowest BCUT2D eigenvalue weighted by molar-refractivity contribution is -0.145. The third-order valence-corrected chi connectivity index (χ3v) is 9.16. The molecule has 2 aromatic carbocycles. The first kappa shape index (κ1) is 28.3. The second-order valence-electron chi connectivity index (χ2n) is 8.80. The second kappa shape index (κ2) is 12.4. The van der Waals surface area contributed by atoms with E-state index in [9.17, 15) is 22.8 Å². The van der Waals surface area contributed by atoms with Crippen molar-refractivity contribution < 1.29 is 32.3 Å². The first-order valence-electron chi connectivity index (χ1n) is 12.2. The summed E-state index contributed by atoms with van der Waals surface area (Å²) in [6.07, 6.45) is 0.125. The van der Waals surface area contributed by atoms with Crippen LogP contribution in [-0.2, 0) is 30.8 Å². The summed E-state index contributed by atoms with van der Waals surface area (Å²) in [4.78, 5) is 41.5. The molecule has 39 heavy (non-hydrogen) atoms. The number of ether oxygens (including phenoxy) is 2. The number of sulfonamides is 1. The average Bonchev–Trinajstić information content (AvgIpc) is 3.51. The molecule has 1 aliphatic heterocycles. The van der Waals surface area contributed by atoms with Crippen molar-refractivity contribution in [3.05, 3.63) is 82.6 Å². The molecule has 1 aromatic heterocycles. The van der Waals surface area contributed by atoms with Crippen molar-refractivity contribution in [2.24, 2.45) is 0 Å². The van der Waals surface area contributed by atoms with Crippen molar-refractivity contribution in [2.75, 3.05) is 33.9 Å². The zero-order valence-electron chi connectivity index (χ0n) is 21.5. The largest absolute Gasteiger partial charge is 0.497 e. The first-order chi connectivity index (χ1) is 18.7. The summed E-state index contributed by atoms with van der Waals surface area (Å²) in [6, 6.07) is 16.1. The quantitative estimate of drug-likeness (QED) is 0.391. The lowest BCUT2D eigenvalue weighted by atomic mass is 10.0. The number of carbonyl (C=O) groups excluding carboxylic acids is 3. The normalized spacial score (nSPS) is 16.8. The molecule has 0 aliphatic carbocycles. The van der Waals surface area contributed by atoms with Gasteiger partial charge in [-0.05, 0) is 41.3 Å². The molecule has 206 valence electrons. The van der Waals surface area contributed by atoms with E-state index in [2.05, 4.69) is 5.32 Å². The van der Waals surface area contributed by atoms with Gasteiger partial charge in [-0.25, -0.2) is 13.2 Å². The van der Waals surface area contributed by atoms with E-state index in [1.165, 1.54) is 39.8 Å². The number of nitrogens with zero attached hydrogens (tertiary/aromatic N) is 2. The summed E-state index contributed by atoms with van der Waals surface area (Å²) in [7, 11) is -1.16. The van der Waals surface area contributed by atoms with E-state index in [0.29, 0.717) is 10.6 Å². The van der Waals surface area contributed by atoms with Gasteiger partial charge in [0.25, 0.3) is 5.91 Å². The zero-order chi connectivity index (χ0) is 28.0. The maximum absolute atomic E-state index is 13.7. The smallest absolute Gasteiger partial charge is 0.328 e. The predicted molar refractivity (Wildman–Crippen MR) is 145 cm³/mol. The molecule has 0 bridgehead atoms. The first-order valence-corrected chi connectivity index (χ1v) is 14.5. The Morgan fingerprint density at radius 1 is 1.00 bits per heavy atom. The number of carbonyl (C=O) groups is 3. The molecule has 12 heteroatoms. The summed E-state index contributed by atoms with van der Waals surface area (Å²) in [5.74, 6) is -1.06. The minimum absolute atomic E-state index is 0.00224. The van der Waals surface area contributed by atoms with Gasteiger partial charge in [0.15, 0.2) is 0 Å². The monoisotopic (exact) mass is 571 g/mol. The molecule has 10 nitrogen and oxygen atoms in total. The number of nitrogens with one attached hydrogen (secondary N) is 1. The van der Waals surface area contributed by atoms with Gasteiger partial charge in [-0.1, -0.05) is 36.4 Å². The Balaban J connectivity index is 1.60. The number of hydrogen-bond donors (Lipinski definition) is 1. The fourth-order valence-corrected chi connectivity index (χ4v) is 6.47. The van der Waals surface area contributed by atoms with Crippen molar-refractivity contribution in [2.45, 2.75) is 23.4 Å². The molecule has 0 spiro atoms. The molecule has 4 rings (SSSR count). The molecular formula is C27H29N3O7S2. The molecule has 1 fully saturated rings. The predicted octanol–water partition coefficient (Wildman–Crippen LogP) is 2.17. The van der Waals surface area contributed by atoms with Crippen LogP contribution in [0.4, 0.5) is 0 Å². The fraction of sp³-hybridized carbons (Fsp3) is 0.296. The molecule has 2 unspecified atom stereocenters. The summed E-state index contributed by atoms with van der Waals surface area (Å²) in [6.45, 7) is -0.247. The number of esters is 1. The molecule has 1 saturated heterocycles. The van der Waals surface area contributed by atoms with Gasteiger partial charge in [0.2, 0.25) is 15.9 Å². The topological polar surface area (TPSA) is 122 Å². The number of hydrogen-bond acceptors (Lipinski definition) is 8. The van der Waals surface area contributed by atoms with Gasteiger partial charge in [0, 0.05) is 26.1 Å². The van der Waals surface area contributed by atoms with Gasteiger partial charge in [-0.3, -0.25) is 9.59 Å². The molecule has 1 aliphatic rings. The van der Waals surface area contributed by atoms with Crippen LogP contribution in [0, 0.1) is 0 Å². The minimum atomic E-state index is -3.92. The van der Waals surface area contributed by atoms with Gasteiger partial charge in [0.1, 0.15) is 17.8 Å². The van der Waals surface area contributed by atoms with E-state index in [1.54, 1.807) is 67.1 Å². The van der Waals surface area contributed by atoms with Crippen molar-refractivity contribution >= 4 is 39.1 Å². The molecule has 2 heterocycles. The fourth-order valence-electron chi connectivity index (χ4n) is 4.33. The highest BCUT2D eigenvalue weighted by molar-refractivity contribution is 7.89. The Morgan fingerprint density at radius 3 is 2.33 bits per heavy atom. The van der Waals surface area contributed by atoms with Crippen LogP contribution in [-0.4, -0.2) is 81.3 Å². The molecule has 0 radical (unpaired) electrons. The van der Waals surface area contributed by atoms with Gasteiger partial charge < -0.3 is 19.7 Å². The maximum atomic E-state index is 13.7. The van der Waals surface area contributed by atoms with Crippen LogP contribution in [0.15, 0.2) is 77.0 Å². The Morgan fingerprint density at radius 2 is 1.72 bits per heavy atom. The highest BCUT2D eigenvalue weighted by Crippen LogP contribution is 2.23. The standard InChI is InChI=1S/C27H29N3O7S2/c1-36-20-12-10-19(11-13-20)17-22(27(33)37-2)28-25(31)23-18-29(39(34,35)21-7-4-3-5-8-21)14-15-30(23)26(32)24-9-6-16-38-24/h3-13,16,22-23H,14-15,17-18H2,1-2H3,(H,28,31). The number of methoxy groups -OCH3 is 2. The van der Waals surface area contributed by atoms with Crippen molar-refractivity contribution in [3.8, 4) is 5.75 Å². The minimum Gasteiger partial charge on any atom is -0.497 e. The summed E-state index contributed by atoms with van der Waals surface area (Å²) in [5.41, 5.74) is 0.745. The van der Waals surface area contributed by atoms with Gasteiger partial charge >= 0.3 is 5.97 Å². The van der Waals surface area contributed by atoms with Gasteiger partial charge in [0.05, 0.1) is 24.0 Å². The van der Waals surface area contributed by atoms with Crippen LogP contribution in [0.5, 0.6) is 5.75 Å². The number of thiophene rings is 1. The third-order valence-electron chi connectivity index (χ3n) is 6.42. The number of rotatable bonds is 9. The molecule has 0 saturated carbocycles. The molecule has 2 atom stereocenters. The van der Waals surface area contributed by atoms with Gasteiger partial charge in [-0.2, -0.15) is 4.31 Å². The third kappa shape index (κ3) is 6.47. The summed E-state index contributed by atoms with van der Waals surface area (Å²) < 4.78 is 38.0. The maximum Gasteiger partial charge on any atom is 0.328 e. The lowest BCUT2D eigenvalue weighted by Gasteiger charge is -2.40. The molecular weight excluding hydrogens is 542 g/mol. The van der Waals surface area contributed by atoms with E-state index in [0.717, 1.165) is 5.56 Å². The Bertz CT molecular complexity index is 1390. The lowest BCUT2D eigenvalue weighted by Crippen LogP contribution is -2.62. The number of piperazine rings is 1. The zero-order valence-corrected chi connectivity index (χ0v) is 23.1. The van der Waals surface area contributed by atoms with E-state index >= 15 is 0 Å². The van der Waals surface area contributed by atoms with Gasteiger partial charge in [-0.15, -0.1) is 11.3 Å². The van der Waals surface area contributed by atoms with E-state index < -0.39 is 34.0 Å². The van der Waals surface area contributed by atoms with Crippen LogP contribution in [0.3, 0.4) is 0 Å². The highest BCUT2D eigenvalue weighted by Gasteiger charge is 2.41. The summed E-state index contributed by atoms with van der Waals surface area (Å²) >= 11 is 1.23. The molecule has 3 aromatic rings.